The number of morpholine rings is 1. The average Bonchev–Trinajstić information content (AvgIpc) is 2.78. The van der Waals surface area contributed by atoms with Crippen molar-refractivity contribution in [1.82, 2.24) is 14.3 Å². The molecular formula is C14H17N3O3. The van der Waals surface area contributed by atoms with Crippen LogP contribution in [0.3, 0.4) is 0 Å². The van der Waals surface area contributed by atoms with Crippen molar-refractivity contribution in [2.24, 2.45) is 0 Å². The number of carbonyl (C=O) groups is 1. The van der Waals surface area contributed by atoms with E-state index < -0.39 is 5.97 Å². The van der Waals surface area contributed by atoms with Crippen LogP contribution in [0, 0.1) is 6.92 Å². The highest BCUT2D eigenvalue weighted by Crippen LogP contribution is 2.17. The summed E-state index contributed by atoms with van der Waals surface area (Å²) in [6.45, 7) is 5.57. The number of carboxylic acids is 1. The highest BCUT2D eigenvalue weighted by molar-refractivity contribution is 5.88. The Labute approximate surface area is 116 Å². The quantitative estimate of drug-likeness (QED) is 0.911. The summed E-state index contributed by atoms with van der Waals surface area (Å²) in [4.78, 5) is 17.8. The Morgan fingerprint density at radius 1 is 1.45 bits per heavy atom. The van der Waals surface area contributed by atoms with E-state index in [0.717, 1.165) is 24.3 Å². The van der Waals surface area contributed by atoms with Crippen molar-refractivity contribution in [1.29, 1.82) is 0 Å². The molecule has 0 aliphatic carbocycles. The fraction of sp³-hybridized carbons (Fsp3) is 0.429. The Hall–Kier alpha value is -1.92. The Kier molecular flexibility index (Phi) is 3.42. The summed E-state index contributed by atoms with van der Waals surface area (Å²) >= 11 is 0. The first-order valence-corrected chi connectivity index (χ1v) is 6.66. The summed E-state index contributed by atoms with van der Waals surface area (Å²) in [7, 11) is 0. The second kappa shape index (κ2) is 5.22. The maximum Gasteiger partial charge on any atom is 0.356 e. The van der Waals surface area contributed by atoms with Crippen LogP contribution in [0.25, 0.3) is 5.65 Å². The molecule has 0 spiro atoms. The number of fused-ring (bicyclic) bond motifs is 1. The Morgan fingerprint density at radius 3 is 2.90 bits per heavy atom. The lowest BCUT2D eigenvalue weighted by Gasteiger charge is -2.26. The summed E-state index contributed by atoms with van der Waals surface area (Å²) in [5, 5.41) is 9.35. The molecule has 0 amide bonds. The number of aromatic carboxylic acids is 1. The monoisotopic (exact) mass is 275 g/mol. The maximum atomic E-state index is 11.4. The summed E-state index contributed by atoms with van der Waals surface area (Å²) in [5.74, 6) is -0.977. The van der Waals surface area contributed by atoms with Gasteiger partial charge in [-0.25, -0.2) is 9.78 Å². The molecule has 1 saturated heterocycles. The first kappa shape index (κ1) is 13.1. The van der Waals surface area contributed by atoms with E-state index in [2.05, 4.69) is 9.88 Å². The van der Waals surface area contributed by atoms with E-state index in [-0.39, 0.29) is 5.69 Å². The maximum absolute atomic E-state index is 11.4. The minimum atomic E-state index is -0.977. The third-order valence-corrected chi connectivity index (χ3v) is 3.56. The Bertz CT molecular complexity index is 644. The van der Waals surface area contributed by atoms with Crippen LogP contribution in [0.15, 0.2) is 18.3 Å². The van der Waals surface area contributed by atoms with Gasteiger partial charge in [-0.2, -0.15) is 0 Å². The number of aromatic nitrogens is 2. The standard InChI is InChI=1S/C14H17N3O3/c1-10-2-3-17-11(9-16-4-6-20-7-5-16)13(14(18)19)15-12(17)8-10/h2-3,8H,4-7,9H2,1H3,(H,18,19). The molecule has 0 radical (unpaired) electrons. The number of hydrogen-bond acceptors (Lipinski definition) is 4. The van der Waals surface area contributed by atoms with Gasteiger partial charge in [0.1, 0.15) is 5.65 Å². The summed E-state index contributed by atoms with van der Waals surface area (Å²) in [6.07, 6.45) is 1.89. The molecule has 6 nitrogen and oxygen atoms in total. The van der Waals surface area contributed by atoms with Gasteiger partial charge in [-0.3, -0.25) is 4.90 Å². The average molecular weight is 275 g/mol. The van der Waals surface area contributed by atoms with Gasteiger partial charge >= 0.3 is 5.97 Å². The third-order valence-electron chi connectivity index (χ3n) is 3.56. The van der Waals surface area contributed by atoms with Crippen LogP contribution in [0.2, 0.25) is 0 Å². The smallest absolute Gasteiger partial charge is 0.356 e. The largest absolute Gasteiger partial charge is 0.476 e. The van der Waals surface area contributed by atoms with E-state index in [1.807, 2.05) is 29.7 Å². The molecule has 2 aromatic heterocycles. The van der Waals surface area contributed by atoms with Crippen molar-refractivity contribution in [3.05, 3.63) is 35.3 Å². The second-order valence-electron chi connectivity index (χ2n) is 5.03. The van der Waals surface area contributed by atoms with E-state index in [9.17, 15) is 9.90 Å². The molecule has 3 heterocycles. The lowest BCUT2D eigenvalue weighted by Crippen LogP contribution is -2.36. The number of hydrogen-bond donors (Lipinski definition) is 1. The van der Waals surface area contributed by atoms with E-state index in [1.165, 1.54) is 0 Å². The summed E-state index contributed by atoms with van der Waals surface area (Å²) in [6, 6.07) is 3.86. The first-order chi connectivity index (χ1) is 9.65. The fourth-order valence-corrected chi connectivity index (χ4v) is 2.49. The normalized spacial score (nSPS) is 16.6. The zero-order valence-corrected chi connectivity index (χ0v) is 11.4. The molecule has 2 aromatic rings. The second-order valence-corrected chi connectivity index (χ2v) is 5.03. The molecule has 1 aliphatic rings. The topological polar surface area (TPSA) is 67.1 Å². The van der Waals surface area contributed by atoms with Gasteiger partial charge in [0, 0.05) is 25.8 Å². The first-order valence-electron chi connectivity index (χ1n) is 6.66. The third kappa shape index (κ3) is 2.39. The van der Waals surface area contributed by atoms with Crippen LogP contribution in [0.4, 0.5) is 0 Å². The molecular weight excluding hydrogens is 258 g/mol. The van der Waals surface area contributed by atoms with Gasteiger partial charge in [0.2, 0.25) is 0 Å². The number of imidazole rings is 1. The van der Waals surface area contributed by atoms with Gasteiger partial charge in [-0.15, -0.1) is 0 Å². The number of carboxylic acid groups (broad SMARTS) is 1. The van der Waals surface area contributed by atoms with Crippen LogP contribution in [-0.4, -0.2) is 51.7 Å². The van der Waals surface area contributed by atoms with Gasteiger partial charge in [-0.1, -0.05) is 0 Å². The fourth-order valence-electron chi connectivity index (χ4n) is 2.49. The van der Waals surface area contributed by atoms with Crippen molar-refractivity contribution in [3.63, 3.8) is 0 Å². The van der Waals surface area contributed by atoms with Gasteiger partial charge < -0.3 is 14.2 Å². The van der Waals surface area contributed by atoms with Crippen molar-refractivity contribution in [2.75, 3.05) is 26.3 Å². The molecule has 0 atom stereocenters. The Morgan fingerprint density at radius 2 is 2.20 bits per heavy atom. The molecule has 20 heavy (non-hydrogen) atoms. The molecule has 1 fully saturated rings. The SMILES string of the molecule is Cc1ccn2c(CN3CCOCC3)c(C(=O)O)nc2c1. The predicted molar refractivity (Wildman–Crippen MR) is 73.0 cm³/mol. The van der Waals surface area contributed by atoms with Gasteiger partial charge in [0.25, 0.3) is 0 Å². The van der Waals surface area contributed by atoms with E-state index >= 15 is 0 Å². The zero-order chi connectivity index (χ0) is 14.1. The van der Waals surface area contributed by atoms with Crippen molar-refractivity contribution < 1.29 is 14.6 Å². The summed E-state index contributed by atoms with van der Waals surface area (Å²) in [5.41, 5.74) is 2.62. The number of nitrogens with zero attached hydrogens (tertiary/aromatic N) is 3. The minimum Gasteiger partial charge on any atom is -0.476 e. The molecule has 0 unspecified atom stereocenters. The minimum absolute atomic E-state index is 0.141. The highest BCUT2D eigenvalue weighted by atomic mass is 16.5. The molecule has 0 saturated carbocycles. The van der Waals surface area contributed by atoms with Crippen LogP contribution < -0.4 is 0 Å². The number of rotatable bonds is 3. The molecule has 106 valence electrons. The predicted octanol–water partition coefficient (Wildman–Crippen LogP) is 1.17. The number of aryl methyl sites for hydroxylation is 1. The van der Waals surface area contributed by atoms with Gasteiger partial charge in [0.15, 0.2) is 5.69 Å². The van der Waals surface area contributed by atoms with E-state index in [4.69, 9.17) is 4.74 Å². The zero-order valence-electron chi connectivity index (χ0n) is 11.4. The summed E-state index contributed by atoms with van der Waals surface area (Å²) < 4.78 is 7.19. The van der Waals surface area contributed by atoms with Gasteiger partial charge in [0.05, 0.1) is 18.9 Å². The molecule has 0 bridgehead atoms. The molecule has 6 heteroatoms. The van der Waals surface area contributed by atoms with E-state index in [0.29, 0.717) is 25.4 Å². The lowest BCUT2D eigenvalue weighted by atomic mass is 10.2. The molecule has 1 aliphatic heterocycles. The van der Waals surface area contributed by atoms with Gasteiger partial charge in [-0.05, 0) is 24.6 Å². The highest BCUT2D eigenvalue weighted by Gasteiger charge is 2.21. The van der Waals surface area contributed by atoms with Crippen LogP contribution in [0.5, 0.6) is 0 Å². The van der Waals surface area contributed by atoms with Crippen molar-refractivity contribution in [3.8, 4) is 0 Å². The van der Waals surface area contributed by atoms with Crippen molar-refractivity contribution in [2.45, 2.75) is 13.5 Å². The molecule has 3 rings (SSSR count). The molecule has 0 aromatic carbocycles. The van der Waals surface area contributed by atoms with Crippen LogP contribution in [-0.2, 0) is 11.3 Å². The molecule has 1 N–H and O–H groups in total. The van der Waals surface area contributed by atoms with Crippen LogP contribution in [0.1, 0.15) is 21.7 Å². The van der Waals surface area contributed by atoms with Crippen molar-refractivity contribution >= 4 is 11.6 Å². The number of pyridine rings is 1. The lowest BCUT2D eigenvalue weighted by molar-refractivity contribution is 0.0332. The van der Waals surface area contributed by atoms with E-state index in [1.54, 1.807) is 0 Å². The number of ether oxygens (including phenoxy) is 1. The Balaban J connectivity index is 2.01. The van der Waals surface area contributed by atoms with Crippen LogP contribution >= 0.6 is 0 Å².